The van der Waals surface area contributed by atoms with Gasteiger partial charge in [0, 0.05) is 18.1 Å². The van der Waals surface area contributed by atoms with Crippen molar-refractivity contribution in [1.82, 2.24) is 15.3 Å². The van der Waals surface area contributed by atoms with E-state index in [9.17, 15) is 17.6 Å². The second-order valence-corrected chi connectivity index (χ2v) is 5.91. The van der Waals surface area contributed by atoms with Gasteiger partial charge in [0.25, 0.3) is 0 Å². The van der Waals surface area contributed by atoms with E-state index in [0.717, 1.165) is 11.8 Å². The van der Waals surface area contributed by atoms with Crippen LogP contribution in [0.1, 0.15) is 29.3 Å². The zero-order valence-corrected chi connectivity index (χ0v) is 14.4. The third kappa shape index (κ3) is 4.44. The molecule has 10 heteroatoms. The van der Waals surface area contributed by atoms with Crippen molar-refractivity contribution in [3.05, 3.63) is 46.9 Å². The lowest BCUT2D eigenvalue weighted by molar-refractivity contribution is -0.159. The third-order valence-electron chi connectivity index (χ3n) is 3.65. The number of hydrogen-bond donors (Lipinski definition) is 0. The topological polar surface area (TPSA) is 74.2 Å². The van der Waals surface area contributed by atoms with Gasteiger partial charge in [0.1, 0.15) is 5.76 Å². The van der Waals surface area contributed by atoms with Crippen LogP contribution in [-0.2, 0) is 12.6 Å². The van der Waals surface area contributed by atoms with Crippen molar-refractivity contribution in [1.29, 1.82) is 0 Å². The Morgan fingerprint density at radius 3 is 2.44 bits per heavy atom. The average Bonchev–Trinajstić information content (AvgIpc) is 3.22. The molecule has 0 N–H and O–H groups in total. The lowest BCUT2D eigenvalue weighted by atomic mass is 10.1. The average molecular weight is 385 g/mol. The van der Waals surface area contributed by atoms with Crippen molar-refractivity contribution in [2.75, 3.05) is 6.61 Å². The molecule has 0 saturated heterocycles. The molecule has 2 aromatic heterocycles. The van der Waals surface area contributed by atoms with Crippen molar-refractivity contribution in [2.45, 2.75) is 32.9 Å². The number of nitrogens with zero attached hydrogens (tertiary/aromatic N) is 3. The molecule has 0 aliphatic rings. The first-order valence-electron chi connectivity index (χ1n) is 8.00. The molecule has 2 heterocycles. The minimum Gasteiger partial charge on any atom is -0.490 e. The van der Waals surface area contributed by atoms with E-state index in [1.54, 1.807) is 13.0 Å². The minimum atomic E-state index is -4.76. The molecule has 0 saturated carbocycles. The number of ether oxygens (including phenoxy) is 1. The highest BCUT2D eigenvalue weighted by molar-refractivity contribution is 5.58. The molecule has 144 valence electrons. The maximum atomic E-state index is 14.3. The van der Waals surface area contributed by atoms with E-state index >= 15 is 0 Å². The van der Waals surface area contributed by atoms with Crippen LogP contribution in [0.15, 0.2) is 27.2 Å². The SMILES string of the molecule is Cc1cc(CCCOc2c(C)cc(-c3noc(C(F)(F)F)n3)cc2F)on1. The van der Waals surface area contributed by atoms with Crippen LogP contribution < -0.4 is 4.74 Å². The molecule has 6 nitrogen and oxygen atoms in total. The first-order valence-corrected chi connectivity index (χ1v) is 8.00. The summed E-state index contributed by atoms with van der Waals surface area (Å²) in [4.78, 5) is 3.25. The van der Waals surface area contributed by atoms with Crippen LogP contribution in [0.3, 0.4) is 0 Å². The van der Waals surface area contributed by atoms with Gasteiger partial charge >= 0.3 is 12.1 Å². The Bertz CT molecular complexity index is 911. The summed E-state index contributed by atoms with van der Waals surface area (Å²) in [6.07, 6.45) is -3.60. The molecule has 0 unspecified atom stereocenters. The normalized spacial score (nSPS) is 11.8. The fourth-order valence-electron chi connectivity index (χ4n) is 2.45. The highest BCUT2D eigenvalue weighted by Gasteiger charge is 2.38. The van der Waals surface area contributed by atoms with Gasteiger partial charge < -0.3 is 13.8 Å². The van der Waals surface area contributed by atoms with Crippen LogP contribution in [-0.4, -0.2) is 21.9 Å². The molecular formula is C17H15F4N3O3. The van der Waals surface area contributed by atoms with Gasteiger partial charge in [0.2, 0.25) is 5.82 Å². The summed E-state index contributed by atoms with van der Waals surface area (Å²) in [5.41, 5.74) is 1.24. The summed E-state index contributed by atoms with van der Waals surface area (Å²) in [5.74, 6) is -1.83. The van der Waals surface area contributed by atoms with E-state index in [1.165, 1.54) is 6.07 Å². The van der Waals surface area contributed by atoms with E-state index in [2.05, 4.69) is 19.8 Å². The molecule has 0 fully saturated rings. The maximum Gasteiger partial charge on any atom is 0.471 e. The molecule has 0 aliphatic carbocycles. The molecule has 0 atom stereocenters. The van der Waals surface area contributed by atoms with Crippen molar-refractivity contribution in [2.24, 2.45) is 0 Å². The molecule has 1 aromatic carbocycles. The monoisotopic (exact) mass is 385 g/mol. The van der Waals surface area contributed by atoms with Gasteiger partial charge in [-0.3, -0.25) is 0 Å². The summed E-state index contributed by atoms with van der Waals surface area (Å²) in [6.45, 7) is 3.62. The minimum absolute atomic E-state index is 0.0204. The van der Waals surface area contributed by atoms with Crippen LogP contribution in [0.4, 0.5) is 17.6 Å². The molecule has 0 amide bonds. The summed E-state index contributed by atoms with van der Waals surface area (Å²) in [5, 5.41) is 7.02. The molecule has 0 aliphatic heterocycles. The van der Waals surface area contributed by atoms with Gasteiger partial charge in [0.05, 0.1) is 12.3 Å². The van der Waals surface area contributed by atoms with Crippen LogP contribution in [0, 0.1) is 19.7 Å². The van der Waals surface area contributed by atoms with Crippen molar-refractivity contribution in [3.8, 4) is 17.1 Å². The first-order chi connectivity index (χ1) is 12.7. The number of aromatic nitrogens is 3. The number of alkyl halides is 3. The second-order valence-electron chi connectivity index (χ2n) is 5.91. The Kier molecular flexibility index (Phi) is 5.15. The van der Waals surface area contributed by atoms with E-state index in [-0.39, 0.29) is 23.7 Å². The van der Waals surface area contributed by atoms with Crippen LogP contribution in [0.2, 0.25) is 0 Å². The van der Waals surface area contributed by atoms with E-state index in [4.69, 9.17) is 9.26 Å². The number of halogens is 4. The van der Waals surface area contributed by atoms with Crippen LogP contribution >= 0.6 is 0 Å². The lowest BCUT2D eigenvalue weighted by Crippen LogP contribution is -2.05. The van der Waals surface area contributed by atoms with E-state index in [1.807, 2.05) is 6.92 Å². The van der Waals surface area contributed by atoms with Crippen molar-refractivity contribution in [3.63, 3.8) is 0 Å². The Morgan fingerprint density at radius 1 is 1.07 bits per heavy atom. The number of hydrogen-bond acceptors (Lipinski definition) is 6. The number of benzene rings is 1. The molecule has 27 heavy (non-hydrogen) atoms. The molecule has 0 spiro atoms. The molecule has 3 aromatic rings. The summed E-state index contributed by atoms with van der Waals surface area (Å²) in [6, 6.07) is 4.25. The molecule has 0 bridgehead atoms. The predicted octanol–water partition coefficient (Wildman–Crippen LogP) is 4.51. The van der Waals surface area contributed by atoms with Crippen molar-refractivity contribution >= 4 is 0 Å². The van der Waals surface area contributed by atoms with Crippen LogP contribution in [0.25, 0.3) is 11.4 Å². The van der Waals surface area contributed by atoms with E-state index in [0.29, 0.717) is 24.2 Å². The van der Waals surface area contributed by atoms with Gasteiger partial charge in [-0.1, -0.05) is 10.3 Å². The molecular weight excluding hydrogens is 370 g/mol. The molecule has 3 rings (SSSR count). The maximum absolute atomic E-state index is 14.3. The number of aryl methyl sites for hydroxylation is 3. The van der Waals surface area contributed by atoms with Crippen LogP contribution in [0.5, 0.6) is 5.75 Å². The van der Waals surface area contributed by atoms with Gasteiger partial charge in [-0.15, -0.1) is 0 Å². The first kappa shape index (κ1) is 18.9. The Morgan fingerprint density at radius 2 is 1.85 bits per heavy atom. The third-order valence-corrected chi connectivity index (χ3v) is 3.65. The second kappa shape index (κ2) is 7.37. The quantitative estimate of drug-likeness (QED) is 0.459. The van der Waals surface area contributed by atoms with Gasteiger partial charge in [0.15, 0.2) is 11.6 Å². The predicted molar refractivity (Wildman–Crippen MR) is 84.5 cm³/mol. The zero-order chi connectivity index (χ0) is 19.6. The number of rotatable bonds is 6. The fourth-order valence-corrected chi connectivity index (χ4v) is 2.45. The highest BCUT2D eigenvalue weighted by atomic mass is 19.4. The standard InChI is InChI=1S/C17H15F4N3O3/c1-9-6-11(15-22-16(27-24-15)17(19,20)21)8-13(18)14(9)25-5-3-4-12-7-10(2)23-26-12/h6-8H,3-5H2,1-2H3. The largest absolute Gasteiger partial charge is 0.490 e. The highest BCUT2D eigenvalue weighted by Crippen LogP contribution is 2.32. The zero-order valence-electron chi connectivity index (χ0n) is 14.4. The Balaban J connectivity index is 1.66. The van der Waals surface area contributed by atoms with Gasteiger partial charge in [-0.05, 0) is 38.0 Å². The lowest BCUT2D eigenvalue weighted by Gasteiger charge is -2.11. The fraction of sp³-hybridized carbons (Fsp3) is 0.353. The van der Waals surface area contributed by atoms with E-state index < -0.39 is 17.9 Å². The Hall–Kier alpha value is -2.91. The van der Waals surface area contributed by atoms with Crippen molar-refractivity contribution < 1.29 is 31.3 Å². The van der Waals surface area contributed by atoms with Gasteiger partial charge in [-0.2, -0.15) is 18.2 Å². The summed E-state index contributed by atoms with van der Waals surface area (Å²) in [7, 11) is 0. The molecule has 0 radical (unpaired) electrons. The summed E-state index contributed by atoms with van der Waals surface area (Å²) < 4.78 is 66.6. The summed E-state index contributed by atoms with van der Waals surface area (Å²) >= 11 is 0. The smallest absolute Gasteiger partial charge is 0.471 e. The van der Waals surface area contributed by atoms with Gasteiger partial charge in [-0.25, -0.2) is 4.39 Å². The Labute approximate surface area is 151 Å².